The van der Waals surface area contributed by atoms with Crippen molar-refractivity contribution in [2.75, 3.05) is 44.3 Å². The van der Waals surface area contributed by atoms with Gasteiger partial charge in [-0.05, 0) is 31.0 Å². The molecule has 0 saturated carbocycles. The predicted molar refractivity (Wildman–Crippen MR) is 80.1 cm³/mol. The average Bonchev–Trinajstić information content (AvgIpc) is 2.98. The second-order valence-electron chi connectivity index (χ2n) is 5.80. The molecule has 3 rings (SSSR count). The highest BCUT2D eigenvalue weighted by atomic mass is 16.5. The lowest BCUT2D eigenvalue weighted by Crippen LogP contribution is -2.44. The highest BCUT2D eigenvalue weighted by molar-refractivity contribution is 5.49. The molecular weight excluding hydrogens is 252 g/mol. The van der Waals surface area contributed by atoms with Crippen LogP contribution < -0.4 is 4.90 Å². The van der Waals surface area contributed by atoms with Crippen LogP contribution in [0.1, 0.15) is 25.0 Å². The SMILES string of the molecule is C[C@@H](O)c1ccc(N2CCC(N3CCOCC3)C2)cc1. The molecule has 2 aliphatic heterocycles. The maximum absolute atomic E-state index is 9.56. The Balaban J connectivity index is 1.61. The molecule has 4 heteroatoms. The molecule has 1 aromatic rings. The first kappa shape index (κ1) is 13.9. The summed E-state index contributed by atoms with van der Waals surface area (Å²) in [5.74, 6) is 0. The molecule has 20 heavy (non-hydrogen) atoms. The first-order valence-corrected chi connectivity index (χ1v) is 7.59. The Morgan fingerprint density at radius 3 is 2.50 bits per heavy atom. The van der Waals surface area contributed by atoms with Crippen molar-refractivity contribution < 1.29 is 9.84 Å². The summed E-state index contributed by atoms with van der Waals surface area (Å²) in [4.78, 5) is 5.01. The third kappa shape index (κ3) is 2.97. The monoisotopic (exact) mass is 276 g/mol. The van der Waals surface area contributed by atoms with E-state index in [0.29, 0.717) is 6.04 Å². The third-order valence-electron chi connectivity index (χ3n) is 4.47. The quantitative estimate of drug-likeness (QED) is 0.910. The number of aliphatic hydroxyl groups excluding tert-OH is 1. The van der Waals surface area contributed by atoms with E-state index in [1.165, 1.54) is 12.1 Å². The molecule has 1 unspecified atom stereocenters. The van der Waals surface area contributed by atoms with Crippen LogP contribution in [-0.4, -0.2) is 55.4 Å². The number of benzene rings is 1. The lowest BCUT2D eigenvalue weighted by Gasteiger charge is -2.32. The molecule has 0 spiro atoms. The number of nitrogens with zero attached hydrogens (tertiary/aromatic N) is 2. The van der Waals surface area contributed by atoms with Gasteiger partial charge in [-0.3, -0.25) is 4.90 Å². The first-order chi connectivity index (χ1) is 9.74. The van der Waals surface area contributed by atoms with Crippen LogP contribution in [0.15, 0.2) is 24.3 Å². The van der Waals surface area contributed by atoms with Crippen LogP contribution in [0.3, 0.4) is 0 Å². The van der Waals surface area contributed by atoms with Gasteiger partial charge in [0.05, 0.1) is 19.3 Å². The largest absolute Gasteiger partial charge is 0.389 e. The summed E-state index contributed by atoms with van der Waals surface area (Å²) in [6.45, 7) is 7.92. The van der Waals surface area contributed by atoms with Gasteiger partial charge < -0.3 is 14.7 Å². The van der Waals surface area contributed by atoms with E-state index >= 15 is 0 Å². The predicted octanol–water partition coefficient (Wildman–Crippen LogP) is 1.65. The van der Waals surface area contributed by atoms with Crippen molar-refractivity contribution in [2.24, 2.45) is 0 Å². The third-order valence-corrected chi connectivity index (χ3v) is 4.47. The van der Waals surface area contributed by atoms with Gasteiger partial charge in [-0.2, -0.15) is 0 Å². The van der Waals surface area contributed by atoms with E-state index in [0.717, 1.165) is 45.0 Å². The van der Waals surface area contributed by atoms with Crippen molar-refractivity contribution in [3.05, 3.63) is 29.8 Å². The lowest BCUT2D eigenvalue weighted by molar-refractivity contribution is 0.0209. The van der Waals surface area contributed by atoms with Crippen molar-refractivity contribution in [3.8, 4) is 0 Å². The van der Waals surface area contributed by atoms with Crippen LogP contribution in [0.2, 0.25) is 0 Å². The number of rotatable bonds is 3. The average molecular weight is 276 g/mol. The van der Waals surface area contributed by atoms with E-state index in [1.807, 2.05) is 12.1 Å². The molecule has 2 saturated heterocycles. The standard InChI is InChI=1S/C16H24N2O2/c1-13(19)14-2-4-15(5-3-14)18-7-6-16(12-18)17-8-10-20-11-9-17/h2-5,13,16,19H,6-12H2,1H3/t13-,16?/m1/s1. The topological polar surface area (TPSA) is 35.9 Å². The molecule has 0 bridgehead atoms. The van der Waals surface area contributed by atoms with E-state index in [2.05, 4.69) is 21.9 Å². The number of anilines is 1. The van der Waals surface area contributed by atoms with E-state index in [9.17, 15) is 5.11 Å². The van der Waals surface area contributed by atoms with Gasteiger partial charge in [0.15, 0.2) is 0 Å². The Hall–Kier alpha value is -1.10. The van der Waals surface area contributed by atoms with Gasteiger partial charge in [-0.15, -0.1) is 0 Å². The van der Waals surface area contributed by atoms with Crippen LogP contribution in [0.4, 0.5) is 5.69 Å². The van der Waals surface area contributed by atoms with Crippen LogP contribution >= 0.6 is 0 Å². The molecule has 0 aromatic heterocycles. The maximum atomic E-state index is 9.56. The zero-order chi connectivity index (χ0) is 13.9. The minimum Gasteiger partial charge on any atom is -0.389 e. The van der Waals surface area contributed by atoms with Crippen LogP contribution in [0.5, 0.6) is 0 Å². The number of hydrogen-bond donors (Lipinski definition) is 1. The van der Waals surface area contributed by atoms with Crippen molar-refractivity contribution in [2.45, 2.75) is 25.5 Å². The second-order valence-corrected chi connectivity index (χ2v) is 5.80. The van der Waals surface area contributed by atoms with Crippen molar-refractivity contribution >= 4 is 5.69 Å². The van der Waals surface area contributed by atoms with Crippen molar-refractivity contribution in [1.82, 2.24) is 4.90 Å². The Labute approximate surface area is 120 Å². The first-order valence-electron chi connectivity index (χ1n) is 7.59. The molecule has 0 radical (unpaired) electrons. The van der Waals surface area contributed by atoms with E-state index in [1.54, 1.807) is 6.92 Å². The van der Waals surface area contributed by atoms with Gasteiger partial charge in [0.1, 0.15) is 0 Å². The highest BCUT2D eigenvalue weighted by Crippen LogP contribution is 2.25. The molecule has 2 heterocycles. The highest BCUT2D eigenvalue weighted by Gasteiger charge is 2.28. The summed E-state index contributed by atoms with van der Waals surface area (Å²) in [7, 11) is 0. The Bertz CT molecular complexity index is 427. The Kier molecular flexibility index (Phi) is 4.24. The van der Waals surface area contributed by atoms with Crippen molar-refractivity contribution in [3.63, 3.8) is 0 Å². The molecule has 2 fully saturated rings. The molecule has 1 N–H and O–H groups in total. The zero-order valence-electron chi connectivity index (χ0n) is 12.2. The Morgan fingerprint density at radius 2 is 1.85 bits per heavy atom. The normalized spacial score (nSPS) is 25.9. The van der Waals surface area contributed by atoms with E-state index < -0.39 is 0 Å². The maximum Gasteiger partial charge on any atom is 0.0761 e. The number of morpholine rings is 1. The van der Waals surface area contributed by atoms with Gasteiger partial charge in [0.2, 0.25) is 0 Å². The van der Waals surface area contributed by atoms with Crippen LogP contribution in [-0.2, 0) is 4.74 Å². The number of hydrogen-bond acceptors (Lipinski definition) is 4. The smallest absolute Gasteiger partial charge is 0.0761 e. The molecule has 1 aromatic carbocycles. The molecule has 110 valence electrons. The van der Waals surface area contributed by atoms with Crippen LogP contribution in [0.25, 0.3) is 0 Å². The zero-order valence-corrected chi connectivity index (χ0v) is 12.2. The molecule has 0 amide bonds. The van der Waals surface area contributed by atoms with Gasteiger partial charge in [-0.1, -0.05) is 12.1 Å². The summed E-state index contributed by atoms with van der Waals surface area (Å²) >= 11 is 0. The number of aliphatic hydroxyl groups is 1. The minimum absolute atomic E-state index is 0.385. The Morgan fingerprint density at radius 1 is 1.15 bits per heavy atom. The molecule has 2 atom stereocenters. The number of ether oxygens (including phenoxy) is 1. The summed E-state index contributed by atoms with van der Waals surface area (Å²) < 4.78 is 5.43. The molecule has 2 aliphatic rings. The second kappa shape index (κ2) is 6.12. The van der Waals surface area contributed by atoms with Gasteiger partial charge in [0.25, 0.3) is 0 Å². The van der Waals surface area contributed by atoms with Gasteiger partial charge in [0, 0.05) is 37.9 Å². The summed E-state index contributed by atoms with van der Waals surface area (Å²) in [6, 6.07) is 8.98. The minimum atomic E-state index is -0.385. The van der Waals surface area contributed by atoms with Crippen molar-refractivity contribution in [1.29, 1.82) is 0 Å². The van der Waals surface area contributed by atoms with E-state index in [4.69, 9.17) is 4.74 Å². The summed E-state index contributed by atoms with van der Waals surface area (Å²) in [6.07, 6.45) is 0.849. The summed E-state index contributed by atoms with van der Waals surface area (Å²) in [5, 5.41) is 9.56. The fraction of sp³-hybridized carbons (Fsp3) is 0.625. The summed E-state index contributed by atoms with van der Waals surface area (Å²) in [5.41, 5.74) is 2.25. The molecule has 0 aliphatic carbocycles. The molecule has 4 nitrogen and oxygen atoms in total. The fourth-order valence-corrected chi connectivity index (χ4v) is 3.18. The molecular formula is C16H24N2O2. The van der Waals surface area contributed by atoms with Gasteiger partial charge in [-0.25, -0.2) is 0 Å². The fourth-order valence-electron chi connectivity index (χ4n) is 3.18. The van der Waals surface area contributed by atoms with Gasteiger partial charge >= 0.3 is 0 Å². The lowest BCUT2D eigenvalue weighted by atomic mass is 10.1. The van der Waals surface area contributed by atoms with Crippen LogP contribution in [0, 0.1) is 0 Å². The van der Waals surface area contributed by atoms with E-state index in [-0.39, 0.29) is 6.10 Å².